The van der Waals surface area contributed by atoms with Gasteiger partial charge in [-0.25, -0.2) is 4.79 Å². The number of rotatable bonds is 4. The molecule has 1 unspecified atom stereocenters. The summed E-state index contributed by atoms with van der Waals surface area (Å²) in [7, 11) is 1.33. The van der Waals surface area contributed by atoms with Crippen LogP contribution in [-0.2, 0) is 19.1 Å². The fraction of sp³-hybridized carbons (Fsp3) is 0.550. The first-order valence-corrected chi connectivity index (χ1v) is 9.66. The van der Waals surface area contributed by atoms with E-state index in [4.69, 9.17) is 9.47 Å². The summed E-state index contributed by atoms with van der Waals surface area (Å²) in [5.41, 5.74) is 0.955. The Morgan fingerprint density at radius 3 is 2.86 bits per heavy atom. The highest BCUT2D eigenvalue weighted by Crippen LogP contribution is 2.22. The number of esters is 1. The van der Waals surface area contributed by atoms with E-state index in [1.54, 1.807) is 29.2 Å². The van der Waals surface area contributed by atoms with Gasteiger partial charge in [0.15, 0.2) is 0 Å². The van der Waals surface area contributed by atoms with Crippen molar-refractivity contribution in [2.75, 3.05) is 32.1 Å². The van der Waals surface area contributed by atoms with Crippen LogP contribution in [-0.4, -0.2) is 67.7 Å². The molecule has 3 atom stereocenters. The lowest BCUT2D eigenvalue weighted by molar-refractivity contribution is -0.147. The van der Waals surface area contributed by atoms with Gasteiger partial charge in [0.25, 0.3) is 5.91 Å². The quantitative estimate of drug-likeness (QED) is 0.751. The molecule has 2 aliphatic heterocycles. The number of nitrogens with one attached hydrogen (secondary N) is 2. The summed E-state index contributed by atoms with van der Waals surface area (Å²) in [6.07, 6.45) is 2.10. The average Bonchev–Trinajstić information content (AvgIpc) is 2.73. The zero-order valence-electron chi connectivity index (χ0n) is 16.3. The summed E-state index contributed by atoms with van der Waals surface area (Å²) in [6, 6.07) is 5.77. The Balaban J connectivity index is 1.72. The van der Waals surface area contributed by atoms with Crippen molar-refractivity contribution in [3.8, 4) is 0 Å². The van der Waals surface area contributed by atoms with E-state index in [9.17, 15) is 14.4 Å². The molecule has 1 aromatic rings. The summed E-state index contributed by atoms with van der Waals surface area (Å²) < 4.78 is 10.4. The van der Waals surface area contributed by atoms with Crippen LogP contribution in [0.25, 0.3) is 0 Å². The molecule has 2 N–H and O–H groups in total. The number of amides is 2. The number of likely N-dealkylation sites (tertiary alicyclic amines) is 1. The van der Waals surface area contributed by atoms with E-state index in [0.29, 0.717) is 37.4 Å². The number of carbonyl (C=O) groups excluding carboxylic acids is 3. The summed E-state index contributed by atoms with van der Waals surface area (Å²) in [5.74, 6) is -0.837. The lowest BCUT2D eigenvalue weighted by Gasteiger charge is -2.34. The molecule has 3 rings (SSSR count). The van der Waals surface area contributed by atoms with Crippen LogP contribution in [0.5, 0.6) is 0 Å². The van der Waals surface area contributed by atoms with E-state index in [0.717, 1.165) is 12.8 Å². The molecule has 1 aromatic carbocycles. The van der Waals surface area contributed by atoms with E-state index in [1.807, 2.05) is 6.92 Å². The Bertz CT molecular complexity index is 738. The van der Waals surface area contributed by atoms with Crippen molar-refractivity contribution in [2.24, 2.45) is 0 Å². The fourth-order valence-corrected chi connectivity index (χ4v) is 3.70. The third kappa shape index (κ3) is 4.51. The molecule has 2 saturated heterocycles. The molecule has 0 saturated carbocycles. The van der Waals surface area contributed by atoms with Crippen molar-refractivity contribution >= 4 is 23.5 Å². The van der Waals surface area contributed by atoms with Gasteiger partial charge in [0.05, 0.1) is 19.8 Å². The van der Waals surface area contributed by atoms with Gasteiger partial charge in [-0.15, -0.1) is 0 Å². The van der Waals surface area contributed by atoms with E-state index in [1.165, 1.54) is 7.11 Å². The van der Waals surface area contributed by atoms with Crippen LogP contribution in [0, 0.1) is 0 Å². The number of nitrogens with zero attached hydrogens (tertiary/aromatic N) is 1. The fourth-order valence-electron chi connectivity index (χ4n) is 3.70. The van der Waals surface area contributed by atoms with Crippen molar-refractivity contribution in [1.82, 2.24) is 10.2 Å². The third-order valence-electron chi connectivity index (χ3n) is 5.21. The number of morpholine rings is 1. The topological polar surface area (TPSA) is 97.0 Å². The molecular weight excluding hydrogens is 362 g/mol. The first kappa shape index (κ1) is 20.3. The predicted octanol–water partition coefficient (Wildman–Crippen LogP) is 1.17. The van der Waals surface area contributed by atoms with Gasteiger partial charge >= 0.3 is 5.97 Å². The van der Waals surface area contributed by atoms with E-state index < -0.39 is 18.1 Å². The molecule has 0 aromatic heterocycles. The molecule has 2 amide bonds. The zero-order chi connectivity index (χ0) is 20.1. The Labute approximate surface area is 164 Å². The van der Waals surface area contributed by atoms with Crippen LogP contribution >= 0.6 is 0 Å². The van der Waals surface area contributed by atoms with Gasteiger partial charge in [-0.3, -0.25) is 9.59 Å². The lowest BCUT2D eigenvalue weighted by atomic mass is 10.0. The number of hydrogen-bond acceptors (Lipinski definition) is 6. The predicted molar refractivity (Wildman–Crippen MR) is 103 cm³/mol. The van der Waals surface area contributed by atoms with E-state index in [2.05, 4.69) is 10.6 Å². The van der Waals surface area contributed by atoms with Crippen LogP contribution in [0.1, 0.15) is 36.5 Å². The van der Waals surface area contributed by atoms with Crippen molar-refractivity contribution in [1.29, 1.82) is 0 Å². The van der Waals surface area contributed by atoms with Crippen LogP contribution < -0.4 is 10.6 Å². The van der Waals surface area contributed by atoms with Crippen molar-refractivity contribution < 1.29 is 23.9 Å². The monoisotopic (exact) mass is 389 g/mol. The lowest BCUT2D eigenvalue weighted by Crippen LogP contribution is -2.53. The average molecular weight is 389 g/mol. The van der Waals surface area contributed by atoms with Crippen molar-refractivity contribution in [3.05, 3.63) is 29.8 Å². The maximum atomic E-state index is 13.0. The molecule has 8 nitrogen and oxygen atoms in total. The van der Waals surface area contributed by atoms with Crippen LogP contribution in [0.3, 0.4) is 0 Å². The minimum Gasteiger partial charge on any atom is -0.467 e. The first-order valence-electron chi connectivity index (χ1n) is 9.66. The SMILES string of the molecule is COC(=O)C1CCCCN1C(=O)c1cccc(NC(=O)[C@H]2NCCO[C@@H]2C)c1. The number of piperidine rings is 1. The Kier molecular flexibility index (Phi) is 6.64. The molecule has 152 valence electrons. The van der Waals surface area contributed by atoms with Crippen LogP contribution in [0.15, 0.2) is 24.3 Å². The molecule has 2 fully saturated rings. The Hall–Kier alpha value is -2.45. The number of benzene rings is 1. The first-order chi connectivity index (χ1) is 13.5. The second kappa shape index (κ2) is 9.16. The normalized spacial score (nSPS) is 25.1. The zero-order valence-corrected chi connectivity index (χ0v) is 16.3. The Morgan fingerprint density at radius 1 is 1.29 bits per heavy atom. The standard InChI is InChI=1S/C20H27N3O5/c1-13-17(21-9-11-28-13)18(24)22-15-7-5-6-14(12-15)19(25)23-10-4-3-8-16(23)20(26)27-2/h5-7,12-13,16-17,21H,3-4,8-11H2,1-2H3,(H,22,24)/t13-,16?,17+/m1/s1. The minimum absolute atomic E-state index is 0.206. The van der Waals surface area contributed by atoms with Gasteiger partial charge in [0.1, 0.15) is 12.1 Å². The number of carbonyl (C=O) groups is 3. The van der Waals surface area contributed by atoms with Crippen LogP contribution in [0.4, 0.5) is 5.69 Å². The third-order valence-corrected chi connectivity index (χ3v) is 5.21. The molecule has 28 heavy (non-hydrogen) atoms. The highest BCUT2D eigenvalue weighted by molar-refractivity contribution is 6.00. The molecule has 8 heteroatoms. The van der Waals surface area contributed by atoms with Crippen LogP contribution in [0.2, 0.25) is 0 Å². The largest absolute Gasteiger partial charge is 0.467 e. The summed E-state index contributed by atoms with van der Waals surface area (Å²) in [5, 5.41) is 5.98. The van der Waals surface area contributed by atoms with Gasteiger partial charge in [-0.05, 0) is 44.4 Å². The highest BCUT2D eigenvalue weighted by Gasteiger charge is 2.33. The molecule has 0 bridgehead atoms. The molecule has 0 radical (unpaired) electrons. The number of ether oxygens (including phenoxy) is 2. The minimum atomic E-state index is -0.561. The summed E-state index contributed by atoms with van der Waals surface area (Å²) in [6.45, 7) is 3.55. The maximum Gasteiger partial charge on any atom is 0.328 e. The summed E-state index contributed by atoms with van der Waals surface area (Å²) >= 11 is 0. The van der Waals surface area contributed by atoms with Gasteiger partial charge in [0.2, 0.25) is 5.91 Å². The number of hydrogen-bond donors (Lipinski definition) is 2. The van der Waals surface area contributed by atoms with Gasteiger partial charge in [-0.1, -0.05) is 6.07 Å². The second-order valence-corrected chi connectivity index (χ2v) is 7.11. The van der Waals surface area contributed by atoms with Gasteiger partial charge in [0, 0.05) is 24.3 Å². The number of methoxy groups -OCH3 is 1. The highest BCUT2D eigenvalue weighted by atomic mass is 16.5. The molecule has 0 aliphatic carbocycles. The number of anilines is 1. The molecular formula is C20H27N3O5. The van der Waals surface area contributed by atoms with Gasteiger partial charge < -0.3 is 25.0 Å². The second-order valence-electron chi connectivity index (χ2n) is 7.11. The molecule has 2 aliphatic rings. The molecule has 2 heterocycles. The molecule has 0 spiro atoms. The smallest absolute Gasteiger partial charge is 0.328 e. The van der Waals surface area contributed by atoms with E-state index >= 15 is 0 Å². The summed E-state index contributed by atoms with van der Waals surface area (Å²) in [4.78, 5) is 39.1. The van der Waals surface area contributed by atoms with E-state index in [-0.39, 0.29) is 17.9 Å². The van der Waals surface area contributed by atoms with Gasteiger partial charge in [-0.2, -0.15) is 0 Å². The van der Waals surface area contributed by atoms with Crippen molar-refractivity contribution in [3.63, 3.8) is 0 Å². The Morgan fingerprint density at radius 2 is 2.11 bits per heavy atom. The van der Waals surface area contributed by atoms with Crippen molar-refractivity contribution in [2.45, 2.75) is 44.4 Å². The maximum absolute atomic E-state index is 13.0.